The minimum atomic E-state index is 0.701. The summed E-state index contributed by atoms with van der Waals surface area (Å²) in [7, 11) is 0. The van der Waals surface area contributed by atoms with Crippen LogP contribution in [0.2, 0.25) is 0 Å². The predicted octanol–water partition coefficient (Wildman–Crippen LogP) is 0.257. The van der Waals surface area contributed by atoms with Gasteiger partial charge in [0.2, 0.25) is 0 Å². The lowest BCUT2D eigenvalue weighted by Crippen LogP contribution is -2.11. The summed E-state index contributed by atoms with van der Waals surface area (Å²) >= 11 is 0. The van der Waals surface area contributed by atoms with Gasteiger partial charge in [0.05, 0.1) is 0 Å². The molecule has 0 bridgehead atoms. The van der Waals surface area contributed by atoms with E-state index in [-0.39, 0.29) is 0 Å². The third-order valence-corrected chi connectivity index (χ3v) is 0.624. The van der Waals surface area contributed by atoms with Gasteiger partial charge < -0.3 is 5.32 Å². The molecule has 0 unspecified atom stereocenters. The first kappa shape index (κ1) is 6.47. The summed E-state index contributed by atoms with van der Waals surface area (Å²) in [5.41, 5.74) is 0. The van der Waals surface area contributed by atoms with Gasteiger partial charge in [-0.15, -0.1) is 0 Å². The summed E-state index contributed by atoms with van der Waals surface area (Å²) in [5, 5.41) is 2.40. The molecule has 0 spiro atoms. The molecule has 0 aliphatic rings. The van der Waals surface area contributed by atoms with Crippen molar-refractivity contribution in [1.29, 1.82) is 0 Å². The number of carbonyl (C=O) groups excluding carboxylic acids is 1. The lowest BCUT2D eigenvalue weighted by atomic mass is 10.3. The van der Waals surface area contributed by atoms with Gasteiger partial charge in [-0.25, -0.2) is 0 Å². The summed E-state index contributed by atoms with van der Waals surface area (Å²) < 4.78 is 0. The molecule has 2 radical (unpaired) electrons. The molecule has 0 saturated heterocycles. The minimum absolute atomic E-state index is 0.701. The van der Waals surface area contributed by atoms with E-state index in [1.54, 1.807) is 6.41 Å². The second-order valence-electron chi connectivity index (χ2n) is 1.24. The average molecular weight is 99.1 g/mol. The van der Waals surface area contributed by atoms with Crippen LogP contribution >= 0.6 is 0 Å². The molecule has 0 saturated carbocycles. The largest absolute Gasteiger partial charge is 0.348 e. The average Bonchev–Trinajstić information content (AvgIpc) is 1.69. The van der Waals surface area contributed by atoms with E-state index < -0.39 is 0 Å². The van der Waals surface area contributed by atoms with Crippen LogP contribution < -0.4 is 5.32 Å². The Balaban J connectivity index is 2.56. The quantitative estimate of drug-likeness (QED) is 0.397. The summed E-state index contributed by atoms with van der Waals surface area (Å²) in [5.74, 6) is 0. The summed E-state index contributed by atoms with van der Waals surface area (Å²) in [6, 6.07) is 0. The molecule has 0 atom stereocenters. The molecule has 0 fully saturated rings. The fourth-order valence-electron chi connectivity index (χ4n) is 0.264. The van der Waals surface area contributed by atoms with Crippen LogP contribution in [0.25, 0.3) is 0 Å². The molecule has 7 heavy (non-hydrogen) atoms. The molecule has 0 aromatic rings. The second-order valence-corrected chi connectivity index (χ2v) is 1.24. The molecular formula is C5H9NO. The van der Waals surface area contributed by atoms with Gasteiger partial charge in [-0.2, -0.15) is 0 Å². The Morgan fingerprint density at radius 1 is 1.71 bits per heavy atom. The summed E-state index contributed by atoms with van der Waals surface area (Å²) in [4.78, 5) is 9.42. The fourth-order valence-corrected chi connectivity index (χ4v) is 0.264. The van der Waals surface area contributed by atoms with Crippen molar-refractivity contribution >= 4 is 6.41 Å². The zero-order valence-electron chi connectivity index (χ0n) is 4.24. The number of hydrogen-bond donors (Lipinski definition) is 1. The Bertz CT molecular complexity index is 45.3. The first-order valence-corrected chi connectivity index (χ1v) is 2.31. The van der Waals surface area contributed by atoms with Crippen molar-refractivity contribution in [3.8, 4) is 0 Å². The first-order chi connectivity index (χ1) is 3.41. The Kier molecular flexibility index (Phi) is 5.06. The van der Waals surface area contributed by atoms with Gasteiger partial charge in [0.25, 0.3) is 0 Å². The van der Waals surface area contributed by atoms with Gasteiger partial charge in [-0.3, -0.25) is 4.79 Å². The van der Waals surface area contributed by atoms with E-state index >= 15 is 0 Å². The highest BCUT2D eigenvalue weighted by atomic mass is 16.1. The van der Waals surface area contributed by atoms with Crippen molar-refractivity contribution in [2.24, 2.45) is 0 Å². The molecule has 0 heterocycles. The Hall–Kier alpha value is -0.530. The molecule has 2 heteroatoms. The van der Waals surface area contributed by atoms with Gasteiger partial charge >= 0.3 is 6.41 Å². The van der Waals surface area contributed by atoms with Crippen LogP contribution in [0.5, 0.6) is 0 Å². The molecule has 2 nitrogen and oxygen atoms in total. The molecule has 1 amide bonds. The van der Waals surface area contributed by atoms with E-state index in [0.717, 1.165) is 12.8 Å². The molecular weight excluding hydrogens is 90.1 g/mol. The molecule has 1 N–H and O–H groups in total. The van der Waals surface area contributed by atoms with Crippen LogP contribution in [0.1, 0.15) is 12.8 Å². The van der Waals surface area contributed by atoms with Gasteiger partial charge in [0, 0.05) is 6.54 Å². The molecule has 0 aromatic carbocycles. The zero-order chi connectivity index (χ0) is 5.54. The van der Waals surface area contributed by atoms with E-state index in [4.69, 9.17) is 0 Å². The van der Waals surface area contributed by atoms with Crippen molar-refractivity contribution in [3.63, 3.8) is 0 Å². The monoisotopic (exact) mass is 99.1 g/mol. The zero-order valence-corrected chi connectivity index (χ0v) is 4.24. The van der Waals surface area contributed by atoms with Crippen LogP contribution in [0.3, 0.4) is 0 Å². The normalized spacial score (nSPS) is 8.14. The minimum Gasteiger partial charge on any atom is -0.348 e. The lowest BCUT2D eigenvalue weighted by molar-refractivity contribution is 0.540. The molecule has 40 valence electrons. The van der Waals surface area contributed by atoms with Crippen molar-refractivity contribution < 1.29 is 4.79 Å². The van der Waals surface area contributed by atoms with E-state index in [1.165, 1.54) is 0 Å². The maximum Gasteiger partial charge on any atom is 0.309 e. The molecule has 0 rings (SSSR count). The predicted molar refractivity (Wildman–Crippen MR) is 28.3 cm³/mol. The number of unbranched alkanes of at least 4 members (excludes halogenated alkanes) is 1. The Labute approximate surface area is 43.9 Å². The second kappa shape index (κ2) is 5.47. The molecule has 0 aliphatic carbocycles. The Morgan fingerprint density at radius 3 is 2.86 bits per heavy atom. The maximum atomic E-state index is 9.42. The van der Waals surface area contributed by atoms with Gasteiger partial charge in [0.15, 0.2) is 0 Å². The van der Waals surface area contributed by atoms with Gasteiger partial charge in [-0.05, 0) is 6.42 Å². The van der Waals surface area contributed by atoms with Crippen LogP contribution in [-0.4, -0.2) is 13.0 Å². The lowest BCUT2D eigenvalue weighted by Gasteiger charge is -1.89. The van der Waals surface area contributed by atoms with E-state index in [9.17, 15) is 4.79 Å². The van der Waals surface area contributed by atoms with Crippen molar-refractivity contribution in [2.75, 3.05) is 6.54 Å². The highest BCUT2D eigenvalue weighted by Crippen LogP contribution is 1.78. The third-order valence-electron chi connectivity index (χ3n) is 0.624. The van der Waals surface area contributed by atoms with Gasteiger partial charge in [-0.1, -0.05) is 13.3 Å². The SMILES string of the molecule is [CH2]CCCN[C]=O. The van der Waals surface area contributed by atoms with Gasteiger partial charge in [0.1, 0.15) is 0 Å². The third kappa shape index (κ3) is 5.47. The van der Waals surface area contributed by atoms with Crippen LogP contribution in [0.4, 0.5) is 0 Å². The highest BCUT2D eigenvalue weighted by Gasteiger charge is 1.77. The maximum absolute atomic E-state index is 9.42. The Morgan fingerprint density at radius 2 is 2.43 bits per heavy atom. The number of hydrogen-bond acceptors (Lipinski definition) is 1. The van der Waals surface area contributed by atoms with Crippen molar-refractivity contribution in [1.82, 2.24) is 5.32 Å². The number of rotatable bonds is 4. The molecule has 0 aromatic heterocycles. The number of amides is 1. The highest BCUT2D eigenvalue weighted by molar-refractivity contribution is 5.46. The van der Waals surface area contributed by atoms with E-state index in [1.807, 2.05) is 0 Å². The smallest absolute Gasteiger partial charge is 0.309 e. The summed E-state index contributed by atoms with van der Waals surface area (Å²) in [6.45, 7) is 4.29. The van der Waals surface area contributed by atoms with Crippen molar-refractivity contribution in [3.05, 3.63) is 6.92 Å². The van der Waals surface area contributed by atoms with Crippen LogP contribution in [-0.2, 0) is 4.79 Å². The standard InChI is InChI=1S/C5H9NO/c1-2-3-4-6-5-7/h1-4H2,(H,6,7). The molecule has 0 aliphatic heterocycles. The number of nitrogens with one attached hydrogen (secondary N) is 1. The van der Waals surface area contributed by atoms with Crippen molar-refractivity contribution in [2.45, 2.75) is 12.8 Å². The van der Waals surface area contributed by atoms with Crippen LogP contribution in [0.15, 0.2) is 0 Å². The topological polar surface area (TPSA) is 29.1 Å². The summed E-state index contributed by atoms with van der Waals surface area (Å²) in [6.07, 6.45) is 3.38. The van der Waals surface area contributed by atoms with Crippen LogP contribution in [0, 0.1) is 6.92 Å². The van der Waals surface area contributed by atoms with E-state index in [0.29, 0.717) is 6.54 Å². The first-order valence-electron chi connectivity index (χ1n) is 2.31. The fraction of sp³-hybridized carbons (Fsp3) is 0.600. The van der Waals surface area contributed by atoms with E-state index in [2.05, 4.69) is 12.2 Å².